The van der Waals surface area contributed by atoms with E-state index in [4.69, 9.17) is 4.74 Å². The summed E-state index contributed by atoms with van der Waals surface area (Å²) in [6.07, 6.45) is 1.46. The molecule has 0 aliphatic heterocycles. The minimum Gasteiger partial charge on any atom is -0.489 e. The molecule has 0 unspecified atom stereocenters. The Morgan fingerprint density at radius 2 is 1.59 bits per heavy atom. The Morgan fingerprint density at radius 3 is 2.28 bits per heavy atom. The van der Waals surface area contributed by atoms with Crippen molar-refractivity contribution >= 4 is 23.7 Å². The molecule has 3 rings (SSSR count). The molecule has 0 fully saturated rings. The van der Waals surface area contributed by atoms with Crippen LogP contribution in [0.1, 0.15) is 16.7 Å². The van der Waals surface area contributed by atoms with Gasteiger partial charge < -0.3 is 10.1 Å². The van der Waals surface area contributed by atoms with E-state index in [9.17, 15) is 9.59 Å². The van der Waals surface area contributed by atoms with Crippen LogP contribution < -0.4 is 15.5 Å². The molecule has 0 aliphatic carbocycles. The van der Waals surface area contributed by atoms with Crippen molar-refractivity contribution in [2.45, 2.75) is 13.5 Å². The van der Waals surface area contributed by atoms with Crippen molar-refractivity contribution in [3.05, 3.63) is 95.6 Å². The number of nitrogens with one attached hydrogen (secondary N) is 2. The molecular formula is C23H21N3O3. The van der Waals surface area contributed by atoms with E-state index in [1.165, 1.54) is 11.8 Å². The maximum absolute atomic E-state index is 11.8. The summed E-state index contributed by atoms with van der Waals surface area (Å²) >= 11 is 0. The van der Waals surface area contributed by atoms with Gasteiger partial charge in [0.2, 0.25) is 0 Å². The predicted octanol–water partition coefficient (Wildman–Crippen LogP) is 3.66. The number of para-hydroxylation sites is 1. The number of benzene rings is 3. The third-order valence-electron chi connectivity index (χ3n) is 4.02. The van der Waals surface area contributed by atoms with Crippen molar-refractivity contribution < 1.29 is 14.3 Å². The van der Waals surface area contributed by atoms with Crippen LogP contribution in [0.3, 0.4) is 0 Å². The molecule has 0 bridgehead atoms. The first-order chi connectivity index (χ1) is 14.1. The van der Waals surface area contributed by atoms with Crippen LogP contribution in [0.2, 0.25) is 0 Å². The minimum absolute atomic E-state index is 0.486. The minimum atomic E-state index is -0.844. The zero-order chi connectivity index (χ0) is 20.5. The van der Waals surface area contributed by atoms with Crippen LogP contribution in [0.15, 0.2) is 84.0 Å². The Labute approximate surface area is 169 Å². The Morgan fingerprint density at radius 1 is 0.897 bits per heavy atom. The highest BCUT2D eigenvalue weighted by Gasteiger charge is 2.12. The molecule has 0 radical (unpaired) electrons. The van der Waals surface area contributed by atoms with Gasteiger partial charge >= 0.3 is 11.8 Å². The van der Waals surface area contributed by atoms with Gasteiger partial charge in [0, 0.05) is 5.69 Å². The van der Waals surface area contributed by atoms with E-state index < -0.39 is 11.8 Å². The van der Waals surface area contributed by atoms with E-state index in [2.05, 4.69) is 15.8 Å². The molecule has 3 aromatic rings. The summed E-state index contributed by atoms with van der Waals surface area (Å²) in [4.78, 5) is 23.6. The molecule has 0 aromatic heterocycles. The third-order valence-corrected chi connectivity index (χ3v) is 4.02. The van der Waals surface area contributed by atoms with Crippen molar-refractivity contribution in [2.24, 2.45) is 5.10 Å². The summed E-state index contributed by atoms with van der Waals surface area (Å²) in [7, 11) is 0. The van der Waals surface area contributed by atoms with Gasteiger partial charge in [-0.3, -0.25) is 9.59 Å². The average Bonchev–Trinajstić information content (AvgIpc) is 2.75. The topological polar surface area (TPSA) is 79.8 Å². The number of hydrogen-bond donors (Lipinski definition) is 2. The van der Waals surface area contributed by atoms with Crippen LogP contribution in [-0.2, 0) is 16.2 Å². The molecule has 0 saturated heterocycles. The van der Waals surface area contributed by atoms with Gasteiger partial charge in [-0.25, -0.2) is 5.43 Å². The Hall–Kier alpha value is -3.93. The Kier molecular flexibility index (Phi) is 6.73. The van der Waals surface area contributed by atoms with E-state index in [0.29, 0.717) is 12.3 Å². The molecule has 3 aromatic carbocycles. The lowest BCUT2D eigenvalue weighted by Crippen LogP contribution is -2.32. The van der Waals surface area contributed by atoms with Crippen molar-refractivity contribution in [3.8, 4) is 5.75 Å². The summed E-state index contributed by atoms with van der Waals surface area (Å²) in [5.74, 6) is -0.898. The predicted molar refractivity (Wildman–Crippen MR) is 113 cm³/mol. The molecule has 29 heavy (non-hydrogen) atoms. The number of aryl methyl sites for hydroxylation is 1. The standard InChI is InChI=1S/C23H21N3O3/c1-17-7-9-19(10-8-17)16-29-21-13-11-18(12-14-21)15-24-26-23(28)22(27)25-20-5-3-2-4-6-20/h2-15H,16H2,1H3,(H,25,27)(H,26,28). The summed E-state index contributed by atoms with van der Waals surface area (Å²) in [6, 6.07) is 24.2. The van der Waals surface area contributed by atoms with E-state index in [-0.39, 0.29) is 0 Å². The van der Waals surface area contributed by atoms with E-state index >= 15 is 0 Å². The fourth-order valence-electron chi connectivity index (χ4n) is 2.43. The average molecular weight is 387 g/mol. The van der Waals surface area contributed by atoms with Crippen LogP contribution in [0.4, 0.5) is 5.69 Å². The number of rotatable bonds is 6. The molecule has 2 N–H and O–H groups in total. The molecular weight excluding hydrogens is 366 g/mol. The lowest BCUT2D eigenvalue weighted by atomic mass is 10.2. The highest BCUT2D eigenvalue weighted by molar-refractivity contribution is 6.39. The molecule has 0 heterocycles. The fraction of sp³-hybridized carbons (Fsp3) is 0.0870. The van der Waals surface area contributed by atoms with E-state index in [1.807, 2.05) is 61.5 Å². The number of carbonyl (C=O) groups excluding carboxylic acids is 2. The van der Waals surface area contributed by atoms with Crippen molar-refractivity contribution in [2.75, 3.05) is 5.32 Å². The van der Waals surface area contributed by atoms with Gasteiger partial charge in [-0.05, 0) is 54.4 Å². The number of ether oxygens (including phenoxy) is 1. The van der Waals surface area contributed by atoms with Gasteiger partial charge in [0.05, 0.1) is 6.21 Å². The van der Waals surface area contributed by atoms with Crippen LogP contribution in [0.5, 0.6) is 5.75 Å². The van der Waals surface area contributed by atoms with E-state index in [1.54, 1.807) is 24.3 Å². The summed E-state index contributed by atoms with van der Waals surface area (Å²) in [6.45, 7) is 2.53. The third kappa shape index (κ3) is 6.32. The second kappa shape index (κ2) is 9.85. The van der Waals surface area contributed by atoms with Crippen LogP contribution >= 0.6 is 0 Å². The Balaban J connectivity index is 1.46. The van der Waals surface area contributed by atoms with Gasteiger partial charge in [0.25, 0.3) is 0 Å². The Bertz CT molecular complexity index is 982. The largest absolute Gasteiger partial charge is 0.489 e. The molecule has 0 aliphatic rings. The summed E-state index contributed by atoms with van der Waals surface area (Å²) in [5.41, 5.74) is 5.81. The van der Waals surface area contributed by atoms with Crippen molar-refractivity contribution in [1.82, 2.24) is 5.43 Å². The maximum atomic E-state index is 11.8. The summed E-state index contributed by atoms with van der Waals surface area (Å²) in [5, 5.41) is 6.30. The van der Waals surface area contributed by atoms with Crippen molar-refractivity contribution in [1.29, 1.82) is 0 Å². The summed E-state index contributed by atoms with van der Waals surface area (Å²) < 4.78 is 5.75. The molecule has 0 saturated carbocycles. The molecule has 6 nitrogen and oxygen atoms in total. The molecule has 0 atom stereocenters. The van der Waals surface area contributed by atoms with Crippen LogP contribution in [0, 0.1) is 6.92 Å². The second-order valence-electron chi connectivity index (χ2n) is 6.36. The zero-order valence-electron chi connectivity index (χ0n) is 16.0. The van der Waals surface area contributed by atoms with Crippen LogP contribution in [-0.4, -0.2) is 18.0 Å². The lowest BCUT2D eigenvalue weighted by Gasteiger charge is -2.07. The highest BCUT2D eigenvalue weighted by Crippen LogP contribution is 2.14. The van der Waals surface area contributed by atoms with Crippen LogP contribution in [0.25, 0.3) is 0 Å². The van der Waals surface area contributed by atoms with Gasteiger partial charge in [-0.1, -0.05) is 48.0 Å². The maximum Gasteiger partial charge on any atom is 0.329 e. The van der Waals surface area contributed by atoms with Gasteiger partial charge in [0.15, 0.2) is 0 Å². The second-order valence-corrected chi connectivity index (χ2v) is 6.36. The first-order valence-electron chi connectivity index (χ1n) is 9.08. The first-order valence-corrected chi connectivity index (χ1v) is 9.08. The van der Waals surface area contributed by atoms with Crippen molar-refractivity contribution in [3.63, 3.8) is 0 Å². The normalized spacial score (nSPS) is 10.5. The highest BCUT2D eigenvalue weighted by atomic mass is 16.5. The molecule has 146 valence electrons. The number of hydrazone groups is 1. The molecule has 6 heteroatoms. The smallest absolute Gasteiger partial charge is 0.329 e. The van der Waals surface area contributed by atoms with Gasteiger partial charge in [-0.2, -0.15) is 5.10 Å². The SMILES string of the molecule is Cc1ccc(COc2ccc(C=NNC(=O)C(=O)Nc3ccccc3)cc2)cc1. The first kappa shape index (κ1) is 19.8. The quantitative estimate of drug-likeness (QED) is 0.385. The molecule has 0 spiro atoms. The number of carbonyl (C=O) groups is 2. The zero-order valence-corrected chi connectivity index (χ0v) is 16.0. The monoisotopic (exact) mass is 387 g/mol. The number of nitrogens with zero attached hydrogens (tertiary/aromatic N) is 1. The van der Waals surface area contributed by atoms with Gasteiger partial charge in [-0.15, -0.1) is 0 Å². The van der Waals surface area contributed by atoms with E-state index in [0.717, 1.165) is 16.9 Å². The van der Waals surface area contributed by atoms with Gasteiger partial charge in [0.1, 0.15) is 12.4 Å². The fourth-order valence-corrected chi connectivity index (χ4v) is 2.43. The molecule has 2 amide bonds. The lowest BCUT2D eigenvalue weighted by molar-refractivity contribution is -0.136. The number of anilines is 1. The number of hydrogen-bond acceptors (Lipinski definition) is 4. The number of amides is 2.